The Balaban J connectivity index is 1.37. The quantitative estimate of drug-likeness (QED) is 0.515. The van der Waals surface area contributed by atoms with Crippen LogP contribution < -0.4 is 5.32 Å². The molecule has 3 amide bonds. The molecule has 1 aliphatic heterocycles. The number of fused-ring (bicyclic) bond motifs is 2. The van der Waals surface area contributed by atoms with Crippen molar-refractivity contribution in [3.05, 3.63) is 48.3 Å². The number of benzene rings is 2. The lowest BCUT2D eigenvalue weighted by atomic mass is 9.81. The number of halogens is 1. The SMILES string of the molecule is CSCC(C(=O)Nc1ccc2nc(-c3ccc(F)cc3)[nH]c2c1)N1C(=O)C2CCCCC2C1=O. The fourth-order valence-electron chi connectivity index (χ4n) is 4.98. The predicted molar refractivity (Wildman–Crippen MR) is 130 cm³/mol. The number of thioether (sulfide) groups is 1. The largest absolute Gasteiger partial charge is 0.338 e. The van der Waals surface area contributed by atoms with Gasteiger partial charge in [0, 0.05) is 17.0 Å². The fourth-order valence-corrected chi connectivity index (χ4v) is 5.59. The number of carbonyl (C=O) groups is 3. The maximum Gasteiger partial charge on any atom is 0.248 e. The molecule has 7 nitrogen and oxygen atoms in total. The summed E-state index contributed by atoms with van der Waals surface area (Å²) in [7, 11) is 0. The Labute approximate surface area is 200 Å². The molecule has 34 heavy (non-hydrogen) atoms. The lowest BCUT2D eigenvalue weighted by Crippen LogP contribution is -2.49. The van der Waals surface area contributed by atoms with Crippen molar-refractivity contribution in [3.8, 4) is 11.4 Å². The number of aromatic nitrogens is 2. The highest BCUT2D eigenvalue weighted by Gasteiger charge is 2.51. The van der Waals surface area contributed by atoms with Gasteiger partial charge in [-0.25, -0.2) is 9.37 Å². The van der Waals surface area contributed by atoms with Gasteiger partial charge in [-0.15, -0.1) is 0 Å². The van der Waals surface area contributed by atoms with E-state index in [-0.39, 0.29) is 35.4 Å². The van der Waals surface area contributed by atoms with Crippen molar-refractivity contribution in [1.29, 1.82) is 0 Å². The van der Waals surface area contributed by atoms with Crippen molar-refractivity contribution < 1.29 is 18.8 Å². The number of carbonyl (C=O) groups excluding carboxylic acids is 3. The summed E-state index contributed by atoms with van der Waals surface area (Å²) < 4.78 is 13.2. The first kappa shape index (κ1) is 22.6. The number of imidazole rings is 1. The molecule has 3 unspecified atom stereocenters. The number of amides is 3. The standard InChI is InChI=1S/C25H25FN4O3S/c1-34-13-21(30-24(32)17-4-2-3-5-18(17)25(30)33)23(31)27-16-10-11-19-20(12-16)29-22(28-19)14-6-8-15(26)9-7-14/h6-12,17-18,21H,2-5,13H2,1H3,(H,27,31)(H,28,29). The molecule has 0 radical (unpaired) electrons. The maximum atomic E-state index is 13.2. The van der Waals surface area contributed by atoms with Crippen molar-refractivity contribution in [3.63, 3.8) is 0 Å². The van der Waals surface area contributed by atoms with Crippen LogP contribution in [0.1, 0.15) is 25.7 Å². The van der Waals surface area contributed by atoms with Crippen LogP contribution in [0.5, 0.6) is 0 Å². The Morgan fingerprint density at radius 2 is 1.82 bits per heavy atom. The highest BCUT2D eigenvalue weighted by atomic mass is 32.2. The number of anilines is 1. The van der Waals surface area contributed by atoms with E-state index in [0.717, 1.165) is 18.4 Å². The van der Waals surface area contributed by atoms with E-state index in [4.69, 9.17) is 0 Å². The zero-order valence-electron chi connectivity index (χ0n) is 18.7. The molecule has 9 heteroatoms. The number of aromatic amines is 1. The van der Waals surface area contributed by atoms with Gasteiger partial charge in [0.1, 0.15) is 17.7 Å². The summed E-state index contributed by atoms with van der Waals surface area (Å²) >= 11 is 1.43. The highest BCUT2D eigenvalue weighted by Crippen LogP contribution is 2.39. The molecule has 2 heterocycles. The number of hydrogen-bond donors (Lipinski definition) is 2. The molecular weight excluding hydrogens is 455 g/mol. The zero-order chi connectivity index (χ0) is 23.8. The number of nitrogens with zero attached hydrogens (tertiary/aromatic N) is 2. The summed E-state index contributed by atoms with van der Waals surface area (Å²) in [5.41, 5.74) is 2.69. The highest BCUT2D eigenvalue weighted by molar-refractivity contribution is 7.98. The molecule has 1 aromatic heterocycles. The first-order valence-corrected chi connectivity index (χ1v) is 12.8. The number of hydrogen-bond acceptors (Lipinski definition) is 5. The van der Waals surface area contributed by atoms with Gasteiger partial charge in [-0.05, 0) is 61.6 Å². The number of nitrogens with one attached hydrogen (secondary N) is 2. The Bertz CT molecular complexity index is 1230. The molecule has 2 fully saturated rings. The van der Waals surface area contributed by atoms with Crippen LogP contribution >= 0.6 is 11.8 Å². The zero-order valence-corrected chi connectivity index (χ0v) is 19.5. The Morgan fingerprint density at radius 3 is 2.47 bits per heavy atom. The molecule has 5 rings (SSSR count). The number of H-pyrrole nitrogens is 1. The lowest BCUT2D eigenvalue weighted by Gasteiger charge is -2.25. The topological polar surface area (TPSA) is 95.2 Å². The number of likely N-dealkylation sites (tertiary alicyclic amines) is 1. The molecular formula is C25H25FN4O3S. The van der Waals surface area contributed by atoms with Gasteiger partial charge in [0.2, 0.25) is 17.7 Å². The second-order valence-corrected chi connectivity index (χ2v) is 9.74. The van der Waals surface area contributed by atoms with Crippen molar-refractivity contribution in [2.24, 2.45) is 11.8 Å². The van der Waals surface area contributed by atoms with Crippen LogP contribution in [-0.4, -0.2) is 50.6 Å². The van der Waals surface area contributed by atoms with Gasteiger partial charge in [-0.2, -0.15) is 11.8 Å². The second kappa shape index (κ2) is 9.21. The van der Waals surface area contributed by atoms with Crippen molar-refractivity contribution in [2.45, 2.75) is 31.7 Å². The van der Waals surface area contributed by atoms with Gasteiger partial charge in [0.25, 0.3) is 0 Å². The van der Waals surface area contributed by atoms with Gasteiger partial charge in [-0.1, -0.05) is 12.8 Å². The molecule has 3 atom stereocenters. The molecule has 2 N–H and O–H groups in total. The van der Waals surface area contributed by atoms with Gasteiger partial charge in [-0.3, -0.25) is 19.3 Å². The average Bonchev–Trinajstić information content (AvgIpc) is 3.37. The third-order valence-corrected chi connectivity index (χ3v) is 7.33. The van der Waals surface area contributed by atoms with E-state index >= 15 is 0 Å². The summed E-state index contributed by atoms with van der Waals surface area (Å²) in [4.78, 5) is 48.3. The van der Waals surface area contributed by atoms with Crippen LogP contribution in [0.25, 0.3) is 22.4 Å². The first-order chi connectivity index (χ1) is 16.5. The third-order valence-electron chi connectivity index (χ3n) is 6.68. The van der Waals surface area contributed by atoms with Crippen LogP contribution in [0, 0.1) is 17.7 Å². The molecule has 1 saturated heterocycles. The minimum absolute atomic E-state index is 0.211. The van der Waals surface area contributed by atoms with Gasteiger partial charge in [0.05, 0.1) is 22.9 Å². The van der Waals surface area contributed by atoms with Crippen molar-refractivity contribution in [2.75, 3.05) is 17.3 Å². The molecule has 3 aromatic rings. The summed E-state index contributed by atoms with van der Waals surface area (Å²) in [5.74, 6) is -0.771. The van der Waals surface area contributed by atoms with Gasteiger partial charge in [0.15, 0.2) is 0 Å². The fraction of sp³-hybridized carbons (Fsp3) is 0.360. The minimum atomic E-state index is -0.854. The molecule has 2 aromatic carbocycles. The molecule has 2 aliphatic rings. The molecule has 1 aliphatic carbocycles. The molecule has 176 valence electrons. The normalized spacial score (nSPS) is 21.1. The Hall–Kier alpha value is -3.20. The van der Waals surface area contributed by atoms with Crippen LogP contribution in [0.2, 0.25) is 0 Å². The Kier molecular flexibility index (Phi) is 6.12. The second-order valence-electron chi connectivity index (χ2n) is 8.83. The van der Waals surface area contributed by atoms with E-state index in [1.165, 1.54) is 28.8 Å². The molecule has 1 saturated carbocycles. The maximum absolute atomic E-state index is 13.2. The van der Waals surface area contributed by atoms with Crippen LogP contribution in [0.15, 0.2) is 42.5 Å². The van der Waals surface area contributed by atoms with E-state index < -0.39 is 6.04 Å². The van der Waals surface area contributed by atoms with E-state index in [9.17, 15) is 18.8 Å². The summed E-state index contributed by atoms with van der Waals surface area (Å²) in [6.07, 6.45) is 5.17. The summed E-state index contributed by atoms with van der Waals surface area (Å²) in [6, 6.07) is 10.4. The van der Waals surface area contributed by atoms with Crippen LogP contribution in [0.4, 0.5) is 10.1 Å². The lowest BCUT2D eigenvalue weighted by molar-refractivity contribution is -0.145. The van der Waals surface area contributed by atoms with Crippen molar-refractivity contribution >= 4 is 46.2 Å². The first-order valence-electron chi connectivity index (χ1n) is 11.4. The number of imide groups is 1. The third kappa shape index (κ3) is 4.09. The number of rotatable bonds is 6. The Morgan fingerprint density at radius 1 is 1.15 bits per heavy atom. The molecule has 0 spiro atoms. The predicted octanol–water partition coefficient (Wildman–Crippen LogP) is 4.21. The van der Waals surface area contributed by atoms with Crippen LogP contribution in [-0.2, 0) is 14.4 Å². The van der Waals surface area contributed by atoms with Gasteiger partial charge >= 0.3 is 0 Å². The van der Waals surface area contributed by atoms with E-state index in [1.54, 1.807) is 30.3 Å². The molecule has 0 bridgehead atoms. The van der Waals surface area contributed by atoms with E-state index in [0.29, 0.717) is 41.1 Å². The summed E-state index contributed by atoms with van der Waals surface area (Å²) in [6.45, 7) is 0. The van der Waals surface area contributed by atoms with Crippen molar-refractivity contribution in [1.82, 2.24) is 14.9 Å². The minimum Gasteiger partial charge on any atom is -0.338 e. The van der Waals surface area contributed by atoms with E-state index in [2.05, 4.69) is 15.3 Å². The van der Waals surface area contributed by atoms with Crippen LogP contribution in [0.3, 0.4) is 0 Å². The summed E-state index contributed by atoms with van der Waals surface area (Å²) in [5, 5.41) is 2.88. The average molecular weight is 481 g/mol. The van der Waals surface area contributed by atoms with Gasteiger partial charge < -0.3 is 10.3 Å². The monoisotopic (exact) mass is 480 g/mol. The smallest absolute Gasteiger partial charge is 0.248 e. The van der Waals surface area contributed by atoms with E-state index in [1.807, 2.05) is 6.26 Å².